The molecule has 4 rings (SSSR count). The summed E-state index contributed by atoms with van der Waals surface area (Å²) in [7, 11) is -0.734. The molecule has 0 bridgehead atoms. The molecule has 0 saturated heterocycles. The number of carbonyl (C=O) groups is 2. The third-order valence-corrected chi connectivity index (χ3v) is 6.68. The summed E-state index contributed by atoms with van der Waals surface area (Å²) in [5.41, 5.74) is 10.2. The normalized spacial score (nSPS) is 15.0. The summed E-state index contributed by atoms with van der Waals surface area (Å²) in [5.74, 6) is -0.920. The van der Waals surface area contributed by atoms with Crippen LogP contribution in [0.3, 0.4) is 0 Å². The largest absolute Gasteiger partial charge is 0.393 e. The van der Waals surface area contributed by atoms with Crippen LogP contribution in [-0.4, -0.2) is 16.5 Å². The zero-order valence-electron chi connectivity index (χ0n) is 16.7. The van der Waals surface area contributed by atoms with Gasteiger partial charge in [0.05, 0.1) is 4.99 Å². The summed E-state index contributed by atoms with van der Waals surface area (Å²) >= 11 is 0. The van der Waals surface area contributed by atoms with E-state index in [1.807, 2.05) is 55.5 Å². The van der Waals surface area contributed by atoms with Crippen LogP contribution in [0.1, 0.15) is 11.1 Å². The molecule has 0 aromatic heterocycles. The van der Waals surface area contributed by atoms with E-state index in [4.69, 9.17) is 5.73 Å². The Morgan fingerprint density at radius 3 is 2.39 bits per heavy atom. The van der Waals surface area contributed by atoms with Crippen LogP contribution >= 0.6 is 10.5 Å². The highest BCUT2D eigenvalue weighted by Gasteiger charge is 2.29. The lowest BCUT2D eigenvalue weighted by Crippen LogP contribution is -2.34. The molecule has 1 heterocycles. The van der Waals surface area contributed by atoms with E-state index in [0.717, 1.165) is 32.3 Å². The summed E-state index contributed by atoms with van der Waals surface area (Å²) < 4.78 is 13.1. The highest BCUT2D eigenvalue weighted by atomic mass is 32.2. The van der Waals surface area contributed by atoms with Crippen molar-refractivity contribution >= 4 is 38.4 Å². The number of hydrogen-bond donors (Lipinski definition) is 2. The molecule has 1 unspecified atom stereocenters. The zero-order chi connectivity index (χ0) is 22.0. The molecule has 0 spiro atoms. The number of anilines is 2. The minimum absolute atomic E-state index is 0.0452. The van der Waals surface area contributed by atoms with Gasteiger partial charge in [-0.2, -0.15) is 0 Å². The number of aryl methyl sites for hydroxylation is 1. The fourth-order valence-corrected chi connectivity index (χ4v) is 4.90. The van der Waals surface area contributed by atoms with Crippen molar-refractivity contribution < 1.29 is 14.0 Å². The number of carbonyl (C=O) groups excluding carboxylic acids is 2. The number of fused-ring (bicyclic) bond motifs is 1. The van der Waals surface area contributed by atoms with E-state index in [1.54, 1.807) is 4.90 Å². The van der Waals surface area contributed by atoms with Gasteiger partial charge >= 0.3 is 0 Å². The zero-order valence-corrected chi connectivity index (χ0v) is 17.5. The molecule has 0 saturated carbocycles. The van der Waals surface area contributed by atoms with Gasteiger partial charge in [-0.25, -0.2) is 4.39 Å². The Labute approximate surface area is 181 Å². The van der Waals surface area contributed by atoms with Gasteiger partial charge < -0.3 is 16.0 Å². The number of benzene rings is 3. The van der Waals surface area contributed by atoms with Crippen LogP contribution in [0.5, 0.6) is 0 Å². The lowest BCUT2D eigenvalue weighted by atomic mass is 10.1. The smallest absolute Gasteiger partial charge is 0.273 e. The Kier molecular flexibility index (Phi) is 5.68. The average molecular weight is 434 g/mol. The van der Waals surface area contributed by atoms with Crippen LogP contribution in [-0.2, 0) is 9.59 Å². The molecule has 3 aromatic rings. The third kappa shape index (κ3) is 4.13. The van der Waals surface area contributed by atoms with Crippen LogP contribution in [0.15, 0.2) is 89.6 Å². The fraction of sp³-hybridized carbons (Fsp3) is 0.0417. The number of halogens is 1. The average Bonchev–Trinajstić information content (AvgIpc) is 2.76. The van der Waals surface area contributed by atoms with Crippen molar-refractivity contribution in [1.82, 2.24) is 0 Å². The Balaban J connectivity index is 1.71. The second kappa shape index (κ2) is 8.57. The first-order valence-electron chi connectivity index (χ1n) is 9.53. The lowest BCUT2D eigenvalue weighted by Gasteiger charge is -2.33. The van der Waals surface area contributed by atoms with Crippen molar-refractivity contribution in [3.05, 3.63) is 102 Å². The van der Waals surface area contributed by atoms with Crippen molar-refractivity contribution in [3.63, 3.8) is 0 Å². The van der Waals surface area contributed by atoms with Crippen LogP contribution in [0.25, 0.3) is 0 Å². The van der Waals surface area contributed by atoms with E-state index in [2.05, 4.69) is 5.32 Å². The van der Waals surface area contributed by atoms with Crippen molar-refractivity contribution in [2.45, 2.75) is 11.8 Å². The third-order valence-electron chi connectivity index (χ3n) is 4.82. The van der Waals surface area contributed by atoms with Crippen LogP contribution < -0.4 is 16.0 Å². The molecule has 0 radical (unpaired) electrons. The van der Waals surface area contributed by atoms with Gasteiger partial charge in [0, 0.05) is 28.0 Å². The molecule has 1 amide bonds. The Bertz CT molecular complexity index is 1220. The Morgan fingerprint density at radius 2 is 1.71 bits per heavy atom. The van der Waals surface area contributed by atoms with Crippen LogP contribution in [0.4, 0.5) is 15.8 Å². The summed E-state index contributed by atoms with van der Waals surface area (Å²) in [6, 6.07) is 20.8. The van der Waals surface area contributed by atoms with Crippen LogP contribution in [0.2, 0.25) is 0 Å². The first kappa shape index (κ1) is 20.6. The summed E-state index contributed by atoms with van der Waals surface area (Å²) in [6.45, 7) is 1.98. The predicted octanol–water partition coefficient (Wildman–Crippen LogP) is 4.39. The second-order valence-electron chi connectivity index (χ2n) is 6.99. The van der Waals surface area contributed by atoms with E-state index >= 15 is 0 Å². The van der Waals surface area contributed by atoms with Crippen LogP contribution in [0, 0.1) is 12.7 Å². The minimum Gasteiger partial charge on any atom is -0.393 e. The van der Waals surface area contributed by atoms with Crippen molar-refractivity contribution in [2.24, 2.45) is 5.73 Å². The van der Waals surface area contributed by atoms with Crippen molar-refractivity contribution in [1.29, 1.82) is 0 Å². The minimum atomic E-state index is -0.734. The van der Waals surface area contributed by atoms with Gasteiger partial charge in [0.2, 0.25) is 0 Å². The summed E-state index contributed by atoms with van der Waals surface area (Å²) in [5, 5.41) is 2.65. The standard InChI is InChI=1S/C24H20FN3O2S/c1-16-6-12-19(13-7-16)28(24-20-4-2-3-5-22(20)31(24)15-29)14-21(26)23(30)27-18-10-8-17(25)9-11-18/h2-15H,26H2,1H3,(H,27,30)/b21-14-. The summed E-state index contributed by atoms with van der Waals surface area (Å²) in [4.78, 5) is 28.0. The number of amides is 1. The molecule has 0 aliphatic carbocycles. The first-order chi connectivity index (χ1) is 15.0. The van der Waals surface area contributed by atoms with Gasteiger partial charge in [0.1, 0.15) is 11.5 Å². The maximum atomic E-state index is 13.1. The maximum Gasteiger partial charge on any atom is 0.273 e. The molecule has 0 fully saturated rings. The van der Waals surface area contributed by atoms with E-state index in [0.29, 0.717) is 5.69 Å². The molecular formula is C24H20FN3O2S. The quantitative estimate of drug-likeness (QED) is 0.356. The van der Waals surface area contributed by atoms with Gasteiger partial charge in [-0.1, -0.05) is 46.4 Å². The highest BCUT2D eigenvalue weighted by molar-refractivity contribution is 8.28. The SMILES string of the molecule is Cc1ccc(N(/C=C(\N)C(=O)Nc2ccc(F)cc2)C2=S(C=O)c3ccccc32)cc1. The second-order valence-corrected chi connectivity index (χ2v) is 8.68. The van der Waals surface area contributed by atoms with Gasteiger partial charge in [-0.3, -0.25) is 9.59 Å². The molecule has 31 heavy (non-hydrogen) atoms. The molecule has 156 valence electrons. The van der Waals surface area contributed by atoms with Gasteiger partial charge in [0.15, 0.2) is 5.62 Å². The van der Waals surface area contributed by atoms with E-state index < -0.39 is 22.2 Å². The Hall–Kier alpha value is -3.71. The number of rotatable bonds is 5. The molecule has 7 heteroatoms. The highest BCUT2D eigenvalue weighted by Crippen LogP contribution is 2.43. The molecule has 1 aliphatic rings. The van der Waals surface area contributed by atoms with E-state index in [1.165, 1.54) is 30.5 Å². The first-order valence-corrected chi connectivity index (χ1v) is 10.8. The maximum absolute atomic E-state index is 13.1. The predicted molar refractivity (Wildman–Crippen MR) is 124 cm³/mol. The van der Waals surface area contributed by atoms with Gasteiger partial charge in [0.25, 0.3) is 5.91 Å². The number of nitrogens with one attached hydrogen (secondary N) is 1. The number of nitrogens with two attached hydrogens (primary N) is 1. The van der Waals surface area contributed by atoms with E-state index in [9.17, 15) is 14.0 Å². The molecule has 1 aliphatic heterocycles. The van der Waals surface area contributed by atoms with Crippen molar-refractivity contribution in [2.75, 3.05) is 10.2 Å². The lowest BCUT2D eigenvalue weighted by molar-refractivity contribution is -0.112. The van der Waals surface area contributed by atoms with Crippen molar-refractivity contribution in [3.8, 4) is 0 Å². The topological polar surface area (TPSA) is 75.4 Å². The Morgan fingerprint density at radius 1 is 1.03 bits per heavy atom. The molecule has 3 aromatic carbocycles. The summed E-state index contributed by atoms with van der Waals surface area (Å²) in [6.07, 6.45) is 1.53. The fourth-order valence-electron chi connectivity index (χ4n) is 3.23. The van der Waals surface area contributed by atoms with Gasteiger partial charge in [-0.05, 0) is 49.4 Å². The number of hydrogen-bond acceptors (Lipinski definition) is 4. The molecule has 5 nitrogen and oxygen atoms in total. The van der Waals surface area contributed by atoms with Gasteiger partial charge in [-0.15, -0.1) is 0 Å². The molecular weight excluding hydrogens is 413 g/mol. The molecule has 1 atom stereocenters. The molecule has 3 N–H and O–H groups in total. The monoisotopic (exact) mass is 433 g/mol. The number of nitrogens with zero attached hydrogens (tertiary/aromatic N) is 1. The van der Waals surface area contributed by atoms with E-state index in [-0.39, 0.29) is 5.70 Å².